The number of imidazole rings is 1. The molecule has 0 unspecified atom stereocenters. The summed E-state index contributed by atoms with van der Waals surface area (Å²) in [6.07, 6.45) is 3.72. The van der Waals surface area contributed by atoms with Gasteiger partial charge in [-0.05, 0) is 34.6 Å². The second kappa shape index (κ2) is 6.83. The summed E-state index contributed by atoms with van der Waals surface area (Å²) in [4.78, 5) is 18.4. The molecule has 18 heavy (non-hydrogen) atoms. The summed E-state index contributed by atoms with van der Waals surface area (Å²) in [5.41, 5.74) is 0. The summed E-state index contributed by atoms with van der Waals surface area (Å²) in [6, 6.07) is 0.480. The van der Waals surface area contributed by atoms with E-state index in [-0.39, 0.29) is 18.0 Å². The van der Waals surface area contributed by atoms with Crippen molar-refractivity contribution in [2.75, 3.05) is 5.75 Å². The summed E-state index contributed by atoms with van der Waals surface area (Å²) in [5.74, 6) is 0.628. The van der Waals surface area contributed by atoms with Crippen molar-refractivity contribution in [3.63, 3.8) is 0 Å². The molecule has 0 atom stereocenters. The van der Waals surface area contributed by atoms with Crippen LogP contribution in [-0.4, -0.2) is 38.2 Å². The highest BCUT2D eigenvalue weighted by atomic mass is 32.2. The van der Waals surface area contributed by atoms with Gasteiger partial charge in [0.1, 0.15) is 0 Å². The lowest BCUT2D eigenvalue weighted by Crippen LogP contribution is -2.43. The number of aromatic nitrogens is 2. The molecule has 102 valence electrons. The third-order valence-corrected chi connectivity index (χ3v) is 3.73. The van der Waals surface area contributed by atoms with Gasteiger partial charge < -0.3 is 9.47 Å². The summed E-state index contributed by atoms with van der Waals surface area (Å²) < 4.78 is 2.05. The Hall–Kier alpha value is -0.970. The van der Waals surface area contributed by atoms with Gasteiger partial charge in [-0.15, -0.1) is 0 Å². The Morgan fingerprint density at radius 3 is 2.50 bits per heavy atom. The first-order chi connectivity index (χ1) is 8.47. The molecule has 1 heterocycles. The van der Waals surface area contributed by atoms with Crippen LogP contribution in [0.1, 0.15) is 34.6 Å². The molecule has 1 aromatic rings. The minimum atomic E-state index is 0.177. The maximum atomic E-state index is 12.2. The van der Waals surface area contributed by atoms with Crippen molar-refractivity contribution in [1.29, 1.82) is 0 Å². The monoisotopic (exact) mass is 269 g/mol. The maximum absolute atomic E-state index is 12.2. The number of aryl methyl sites for hydroxylation is 1. The Bertz CT molecular complexity index is 379. The van der Waals surface area contributed by atoms with Gasteiger partial charge in [0.15, 0.2) is 5.16 Å². The Morgan fingerprint density at radius 2 is 2.00 bits per heavy atom. The minimum Gasteiger partial charge on any atom is -0.337 e. The molecule has 0 radical (unpaired) electrons. The number of hydrogen-bond acceptors (Lipinski definition) is 3. The Labute approximate surface area is 114 Å². The molecule has 0 fully saturated rings. The first-order valence-electron chi connectivity index (χ1n) is 6.42. The van der Waals surface area contributed by atoms with E-state index in [1.165, 1.54) is 11.8 Å². The zero-order valence-corrected chi connectivity index (χ0v) is 12.7. The third-order valence-electron chi connectivity index (χ3n) is 2.74. The molecule has 1 amide bonds. The third kappa shape index (κ3) is 3.77. The van der Waals surface area contributed by atoms with Gasteiger partial charge in [0, 0.05) is 31.0 Å². The Kier molecular flexibility index (Phi) is 5.72. The number of nitrogens with zero attached hydrogens (tertiary/aromatic N) is 3. The molecular formula is C13H23N3OS. The predicted octanol–water partition coefficient (Wildman–Crippen LogP) is 2.64. The zero-order chi connectivity index (χ0) is 13.7. The van der Waals surface area contributed by atoms with Crippen LogP contribution < -0.4 is 0 Å². The lowest BCUT2D eigenvalue weighted by molar-refractivity contribution is -0.131. The van der Waals surface area contributed by atoms with Crippen molar-refractivity contribution >= 4 is 17.7 Å². The fourth-order valence-electron chi connectivity index (χ4n) is 2.05. The van der Waals surface area contributed by atoms with E-state index in [0.29, 0.717) is 5.75 Å². The lowest BCUT2D eigenvalue weighted by Gasteiger charge is -2.30. The molecule has 1 aromatic heterocycles. The van der Waals surface area contributed by atoms with Crippen LogP contribution >= 0.6 is 11.8 Å². The van der Waals surface area contributed by atoms with E-state index in [1.807, 2.05) is 15.7 Å². The second-order valence-electron chi connectivity index (χ2n) is 4.77. The molecule has 1 rings (SSSR count). The van der Waals surface area contributed by atoms with E-state index in [9.17, 15) is 4.79 Å². The lowest BCUT2D eigenvalue weighted by atomic mass is 10.2. The highest BCUT2D eigenvalue weighted by Crippen LogP contribution is 2.17. The normalized spacial score (nSPS) is 11.3. The summed E-state index contributed by atoms with van der Waals surface area (Å²) in [6.45, 7) is 11.2. The number of carbonyl (C=O) groups excluding carboxylic acids is 1. The molecule has 0 aliphatic carbocycles. The number of thioether (sulfide) groups is 1. The number of carbonyl (C=O) groups is 1. The predicted molar refractivity (Wildman–Crippen MR) is 75.7 cm³/mol. The second-order valence-corrected chi connectivity index (χ2v) is 5.72. The van der Waals surface area contributed by atoms with Gasteiger partial charge in [-0.2, -0.15) is 0 Å². The molecule has 0 aromatic carbocycles. The molecule has 0 saturated heterocycles. The molecular weight excluding hydrogens is 246 g/mol. The first kappa shape index (κ1) is 15.1. The quantitative estimate of drug-likeness (QED) is 0.745. The molecule has 5 heteroatoms. The van der Waals surface area contributed by atoms with Crippen LogP contribution in [0.2, 0.25) is 0 Å². The van der Waals surface area contributed by atoms with Gasteiger partial charge in [0.05, 0.1) is 5.75 Å². The zero-order valence-electron chi connectivity index (χ0n) is 11.9. The van der Waals surface area contributed by atoms with E-state index in [4.69, 9.17) is 0 Å². The fourth-order valence-corrected chi connectivity index (χ4v) is 2.94. The molecule has 0 aliphatic rings. The summed E-state index contributed by atoms with van der Waals surface area (Å²) in [5, 5.41) is 0.915. The SMILES string of the molecule is CCn1ccnc1SCC(=O)N(C(C)C)C(C)C. The number of rotatable bonds is 6. The van der Waals surface area contributed by atoms with E-state index >= 15 is 0 Å². The van der Waals surface area contributed by atoms with Crippen molar-refractivity contribution in [3.05, 3.63) is 12.4 Å². The van der Waals surface area contributed by atoms with Crippen molar-refractivity contribution < 1.29 is 4.79 Å². The van der Waals surface area contributed by atoms with Gasteiger partial charge in [0.2, 0.25) is 5.91 Å². The summed E-state index contributed by atoms with van der Waals surface area (Å²) >= 11 is 1.51. The van der Waals surface area contributed by atoms with Crippen molar-refractivity contribution in [2.24, 2.45) is 0 Å². The van der Waals surface area contributed by atoms with Crippen LogP contribution in [0.15, 0.2) is 17.6 Å². The Balaban J connectivity index is 2.60. The standard InChI is InChI=1S/C13H23N3OS/c1-6-15-8-7-14-13(15)18-9-12(17)16(10(2)3)11(4)5/h7-8,10-11H,6,9H2,1-5H3. The maximum Gasteiger partial charge on any atom is 0.233 e. The largest absolute Gasteiger partial charge is 0.337 e. The average molecular weight is 269 g/mol. The fraction of sp³-hybridized carbons (Fsp3) is 0.692. The van der Waals surface area contributed by atoms with Crippen molar-refractivity contribution in [1.82, 2.24) is 14.5 Å². The van der Waals surface area contributed by atoms with Gasteiger partial charge in [-0.3, -0.25) is 4.79 Å². The van der Waals surface area contributed by atoms with E-state index < -0.39 is 0 Å². The molecule has 0 spiro atoms. The van der Waals surface area contributed by atoms with Crippen LogP contribution in [0.25, 0.3) is 0 Å². The van der Waals surface area contributed by atoms with Gasteiger partial charge in [-0.25, -0.2) is 4.98 Å². The molecule has 0 N–H and O–H groups in total. The summed E-state index contributed by atoms with van der Waals surface area (Å²) in [7, 11) is 0. The Morgan fingerprint density at radius 1 is 1.39 bits per heavy atom. The van der Waals surface area contributed by atoms with Crippen LogP contribution in [0, 0.1) is 0 Å². The average Bonchev–Trinajstić information content (AvgIpc) is 2.72. The van der Waals surface area contributed by atoms with E-state index in [1.54, 1.807) is 6.20 Å². The molecule has 0 bridgehead atoms. The van der Waals surface area contributed by atoms with Crippen molar-refractivity contribution in [2.45, 2.75) is 58.4 Å². The van der Waals surface area contributed by atoms with Gasteiger partial charge in [0.25, 0.3) is 0 Å². The van der Waals surface area contributed by atoms with Gasteiger partial charge >= 0.3 is 0 Å². The highest BCUT2D eigenvalue weighted by Gasteiger charge is 2.20. The minimum absolute atomic E-state index is 0.177. The van der Waals surface area contributed by atoms with Crippen molar-refractivity contribution in [3.8, 4) is 0 Å². The number of amides is 1. The highest BCUT2D eigenvalue weighted by molar-refractivity contribution is 7.99. The van der Waals surface area contributed by atoms with Gasteiger partial charge in [-0.1, -0.05) is 11.8 Å². The van der Waals surface area contributed by atoms with E-state index in [0.717, 1.165) is 11.7 Å². The van der Waals surface area contributed by atoms with Crippen LogP contribution in [0.3, 0.4) is 0 Å². The first-order valence-corrected chi connectivity index (χ1v) is 7.41. The smallest absolute Gasteiger partial charge is 0.233 e. The number of hydrogen-bond donors (Lipinski definition) is 0. The van der Waals surface area contributed by atoms with Crippen LogP contribution in [0.5, 0.6) is 0 Å². The van der Waals surface area contributed by atoms with Crippen LogP contribution in [-0.2, 0) is 11.3 Å². The van der Waals surface area contributed by atoms with E-state index in [2.05, 4.69) is 39.6 Å². The topological polar surface area (TPSA) is 38.1 Å². The molecule has 0 saturated carbocycles. The molecule has 4 nitrogen and oxygen atoms in total. The van der Waals surface area contributed by atoms with Crippen LogP contribution in [0.4, 0.5) is 0 Å². The molecule has 0 aliphatic heterocycles.